The van der Waals surface area contributed by atoms with Crippen molar-refractivity contribution in [3.63, 3.8) is 0 Å². The van der Waals surface area contributed by atoms with Gasteiger partial charge in [0, 0.05) is 30.1 Å². The van der Waals surface area contributed by atoms with E-state index in [0.717, 1.165) is 18.0 Å². The second-order valence-corrected chi connectivity index (χ2v) is 5.03. The van der Waals surface area contributed by atoms with Crippen molar-refractivity contribution in [3.05, 3.63) is 18.2 Å². The normalized spacial score (nSPS) is 19.8. The van der Waals surface area contributed by atoms with Crippen molar-refractivity contribution in [1.29, 1.82) is 0 Å². The molecule has 0 aliphatic carbocycles. The van der Waals surface area contributed by atoms with E-state index in [1.54, 1.807) is 0 Å². The molecule has 2 rings (SSSR count). The van der Waals surface area contributed by atoms with Gasteiger partial charge in [-0.15, -0.1) is 0 Å². The molecule has 3 N–H and O–H groups in total. The molecule has 1 heterocycles. The fourth-order valence-electron chi connectivity index (χ4n) is 2.26. The predicted octanol–water partition coefficient (Wildman–Crippen LogP) is 1.25. The molecule has 0 amide bonds. The molecule has 1 unspecified atom stereocenters. The third kappa shape index (κ3) is 3.52. The number of ether oxygens (including phenoxy) is 2. The highest BCUT2D eigenvalue weighted by Crippen LogP contribution is 2.28. The summed E-state index contributed by atoms with van der Waals surface area (Å²) in [7, 11) is 0. The van der Waals surface area contributed by atoms with Crippen molar-refractivity contribution in [2.45, 2.75) is 26.0 Å². The largest absolute Gasteiger partial charge is 0.491 e. The summed E-state index contributed by atoms with van der Waals surface area (Å²) in [6, 6.07) is 5.66. The summed E-state index contributed by atoms with van der Waals surface area (Å²) in [5.41, 5.74) is 7.56. The number of nitrogens with two attached hydrogens (primary N) is 1. The average Bonchev–Trinajstić information content (AvgIpc) is 2.37. The van der Waals surface area contributed by atoms with Crippen LogP contribution in [0, 0.1) is 0 Å². The molecule has 106 valence electrons. The highest BCUT2D eigenvalue weighted by Gasteiger charge is 2.23. The lowest BCUT2D eigenvalue weighted by Gasteiger charge is -2.36. The van der Waals surface area contributed by atoms with Gasteiger partial charge in [-0.2, -0.15) is 0 Å². The molecule has 1 atom stereocenters. The summed E-state index contributed by atoms with van der Waals surface area (Å²) in [5.74, 6) is 0.758. The summed E-state index contributed by atoms with van der Waals surface area (Å²) < 4.78 is 11.1. The first-order chi connectivity index (χ1) is 9.10. The van der Waals surface area contributed by atoms with Gasteiger partial charge >= 0.3 is 0 Å². The van der Waals surface area contributed by atoms with Crippen LogP contribution in [0.25, 0.3) is 0 Å². The van der Waals surface area contributed by atoms with Crippen LogP contribution >= 0.6 is 0 Å². The van der Waals surface area contributed by atoms with E-state index in [0.29, 0.717) is 18.9 Å². The van der Waals surface area contributed by atoms with Gasteiger partial charge in [-0.05, 0) is 19.9 Å². The number of nitrogens with zero attached hydrogens (tertiary/aromatic N) is 1. The van der Waals surface area contributed by atoms with Crippen molar-refractivity contribution in [1.82, 2.24) is 0 Å². The van der Waals surface area contributed by atoms with Crippen LogP contribution < -0.4 is 15.4 Å². The van der Waals surface area contributed by atoms with E-state index >= 15 is 0 Å². The van der Waals surface area contributed by atoms with E-state index in [4.69, 9.17) is 15.2 Å². The molecule has 0 aromatic heterocycles. The fourth-order valence-corrected chi connectivity index (χ4v) is 2.26. The second kappa shape index (κ2) is 6.12. The number of hydrogen-bond acceptors (Lipinski definition) is 5. The van der Waals surface area contributed by atoms with Gasteiger partial charge in [0.2, 0.25) is 0 Å². The SMILES string of the molecule is CC(C)Oc1cc(N)cc(N2CCOCC2CO)c1. The van der Waals surface area contributed by atoms with Gasteiger partial charge in [-0.1, -0.05) is 0 Å². The van der Waals surface area contributed by atoms with E-state index in [1.165, 1.54) is 0 Å². The minimum atomic E-state index is -0.0255. The zero-order valence-corrected chi connectivity index (χ0v) is 11.5. The number of aliphatic hydroxyl groups is 1. The number of rotatable bonds is 4. The van der Waals surface area contributed by atoms with Crippen LogP contribution in [0.15, 0.2) is 18.2 Å². The Hall–Kier alpha value is -1.46. The minimum Gasteiger partial charge on any atom is -0.491 e. The van der Waals surface area contributed by atoms with E-state index < -0.39 is 0 Å². The molecule has 1 aromatic carbocycles. The predicted molar refractivity (Wildman–Crippen MR) is 75.7 cm³/mol. The van der Waals surface area contributed by atoms with Crippen LogP contribution in [0.5, 0.6) is 5.75 Å². The number of morpholine rings is 1. The summed E-state index contributed by atoms with van der Waals surface area (Å²) in [6.45, 7) is 5.96. The Kier molecular flexibility index (Phi) is 4.50. The third-order valence-electron chi connectivity index (χ3n) is 3.06. The van der Waals surface area contributed by atoms with Gasteiger partial charge in [-0.3, -0.25) is 0 Å². The number of benzene rings is 1. The highest BCUT2D eigenvalue weighted by molar-refractivity contribution is 5.61. The van der Waals surface area contributed by atoms with Gasteiger partial charge in [-0.25, -0.2) is 0 Å². The quantitative estimate of drug-likeness (QED) is 0.803. The number of aliphatic hydroxyl groups excluding tert-OH is 1. The topological polar surface area (TPSA) is 68.0 Å². The number of nitrogen functional groups attached to an aromatic ring is 1. The van der Waals surface area contributed by atoms with E-state index in [2.05, 4.69) is 4.90 Å². The Labute approximate surface area is 113 Å². The third-order valence-corrected chi connectivity index (χ3v) is 3.06. The maximum absolute atomic E-state index is 9.42. The molecule has 5 nitrogen and oxygen atoms in total. The Bertz CT molecular complexity index is 423. The van der Waals surface area contributed by atoms with Gasteiger partial charge in [0.15, 0.2) is 0 Å². The van der Waals surface area contributed by atoms with Crippen LogP contribution in [0.2, 0.25) is 0 Å². The molecule has 0 saturated carbocycles. The summed E-state index contributed by atoms with van der Waals surface area (Å²) in [4.78, 5) is 2.12. The van der Waals surface area contributed by atoms with Crippen molar-refractivity contribution >= 4 is 11.4 Å². The van der Waals surface area contributed by atoms with Crippen LogP contribution in [0.3, 0.4) is 0 Å². The first-order valence-electron chi connectivity index (χ1n) is 6.62. The molecule has 1 saturated heterocycles. The lowest BCUT2D eigenvalue weighted by molar-refractivity contribution is 0.0727. The minimum absolute atomic E-state index is 0.0255. The number of hydrogen-bond donors (Lipinski definition) is 2. The fraction of sp³-hybridized carbons (Fsp3) is 0.571. The maximum atomic E-state index is 9.42. The Morgan fingerprint density at radius 2 is 2.26 bits per heavy atom. The molecule has 5 heteroatoms. The molecule has 0 bridgehead atoms. The second-order valence-electron chi connectivity index (χ2n) is 5.03. The van der Waals surface area contributed by atoms with Crippen LogP contribution in [-0.2, 0) is 4.74 Å². The molecule has 0 spiro atoms. The zero-order chi connectivity index (χ0) is 13.8. The van der Waals surface area contributed by atoms with E-state index in [9.17, 15) is 5.11 Å². The smallest absolute Gasteiger partial charge is 0.123 e. The molecule has 0 radical (unpaired) electrons. The summed E-state index contributed by atoms with van der Waals surface area (Å²) >= 11 is 0. The van der Waals surface area contributed by atoms with Crippen LogP contribution in [-0.4, -0.2) is 43.6 Å². The lowest BCUT2D eigenvalue weighted by Crippen LogP contribution is -2.47. The van der Waals surface area contributed by atoms with Gasteiger partial charge < -0.3 is 25.2 Å². The molecule has 19 heavy (non-hydrogen) atoms. The van der Waals surface area contributed by atoms with E-state index in [-0.39, 0.29) is 18.8 Å². The summed E-state index contributed by atoms with van der Waals surface area (Å²) in [6.07, 6.45) is 0.105. The monoisotopic (exact) mass is 266 g/mol. The summed E-state index contributed by atoms with van der Waals surface area (Å²) in [5, 5.41) is 9.42. The molecule has 1 fully saturated rings. The molecular formula is C14H22N2O3. The van der Waals surface area contributed by atoms with E-state index in [1.807, 2.05) is 32.0 Å². The van der Waals surface area contributed by atoms with Gasteiger partial charge in [0.25, 0.3) is 0 Å². The average molecular weight is 266 g/mol. The van der Waals surface area contributed by atoms with Crippen molar-refractivity contribution in [2.24, 2.45) is 0 Å². The Balaban J connectivity index is 2.24. The van der Waals surface area contributed by atoms with Crippen molar-refractivity contribution in [3.8, 4) is 5.75 Å². The van der Waals surface area contributed by atoms with Gasteiger partial charge in [0.1, 0.15) is 5.75 Å². The molecule has 1 aromatic rings. The number of anilines is 2. The lowest BCUT2D eigenvalue weighted by atomic mass is 10.1. The highest BCUT2D eigenvalue weighted by atomic mass is 16.5. The molecule has 1 aliphatic heterocycles. The first-order valence-corrected chi connectivity index (χ1v) is 6.62. The maximum Gasteiger partial charge on any atom is 0.123 e. The molecule has 1 aliphatic rings. The standard InChI is InChI=1S/C14H22N2O3/c1-10(2)19-14-6-11(15)5-12(7-14)16-3-4-18-9-13(16)8-17/h5-7,10,13,17H,3-4,8-9,15H2,1-2H3. The van der Waals surface area contributed by atoms with Crippen LogP contribution in [0.4, 0.5) is 11.4 Å². The molecular weight excluding hydrogens is 244 g/mol. The van der Waals surface area contributed by atoms with Crippen molar-refractivity contribution in [2.75, 3.05) is 37.0 Å². The Morgan fingerprint density at radius 1 is 1.47 bits per heavy atom. The Morgan fingerprint density at radius 3 is 2.95 bits per heavy atom. The van der Waals surface area contributed by atoms with Crippen LogP contribution in [0.1, 0.15) is 13.8 Å². The zero-order valence-electron chi connectivity index (χ0n) is 11.5. The van der Waals surface area contributed by atoms with Crippen molar-refractivity contribution < 1.29 is 14.6 Å². The van der Waals surface area contributed by atoms with Gasteiger partial charge in [0.05, 0.1) is 32.0 Å². The first kappa shape index (κ1) is 14.0.